The lowest BCUT2D eigenvalue weighted by Crippen LogP contribution is -2.25. The first-order valence-corrected chi connectivity index (χ1v) is 6.91. The Bertz CT molecular complexity index is 184. The first-order chi connectivity index (χ1) is 8.45. The van der Waals surface area contributed by atoms with Crippen molar-refractivity contribution in [2.24, 2.45) is 0 Å². The quantitative estimate of drug-likeness (QED) is 0.578. The van der Waals surface area contributed by atoms with Gasteiger partial charge in [0.25, 0.3) is 0 Å². The smallest absolute Gasteiger partial charge is 0.317 e. The molecule has 0 aromatic carbocycles. The first-order valence-electron chi connectivity index (χ1n) is 6.91. The lowest BCUT2D eigenvalue weighted by Gasteiger charge is -2.17. The van der Waals surface area contributed by atoms with Crippen LogP contribution >= 0.6 is 0 Å². The predicted molar refractivity (Wildman–Crippen MR) is 69.8 cm³/mol. The zero-order valence-electron chi connectivity index (χ0n) is 11.7. The van der Waals surface area contributed by atoms with E-state index in [9.17, 15) is 13.2 Å². The molecule has 0 spiro atoms. The van der Waals surface area contributed by atoms with Crippen molar-refractivity contribution in [2.75, 3.05) is 33.2 Å². The van der Waals surface area contributed by atoms with E-state index in [1.807, 2.05) is 0 Å². The van der Waals surface area contributed by atoms with Crippen LogP contribution in [0.4, 0.5) is 13.2 Å². The molecule has 110 valence electrons. The SMILES string of the molecule is CCCNCCCCCCN(C)CCC(F)(F)F. The number of rotatable bonds is 11. The normalized spacial score (nSPS) is 12.3. The number of halogens is 3. The fraction of sp³-hybridized carbons (Fsp3) is 1.00. The third-order valence-electron chi connectivity index (χ3n) is 2.85. The number of nitrogens with one attached hydrogen (secondary N) is 1. The predicted octanol–water partition coefficient (Wildman–Crippen LogP) is 3.43. The van der Waals surface area contributed by atoms with E-state index in [-0.39, 0.29) is 6.54 Å². The maximum Gasteiger partial charge on any atom is 0.390 e. The maximum absolute atomic E-state index is 12.0. The van der Waals surface area contributed by atoms with Gasteiger partial charge < -0.3 is 10.2 Å². The molecular weight excluding hydrogens is 241 g/mol. The molecule has 0 radical (unpaired) electrons. The van der Waals surface area contributed by atoms with Gasteiger partial charge >= 0.3 is 6.18 Å². The van der Waals surface area contributed by atoms with E-state index in [1.54, 1.807) is 11.9 Å². The molecule has 0 amide bonds. The fourth-order valence-electron chi connectivity index (χ4n) is 1.72. The first kappa shape index (κ1) is 17.7. The van der Waals surface area contributed by atoms with Gasteiger partial charge in [-0.05, 0) is 45.9 Å². The molecule has 0 bridgehead atoms. The van der Waals surface area contributed by atoms with Gasteiger partial charge in [0, 0.05) is 6.54 Å². The van der Waals surface area contributed by atoms with Gasteiger partial charge in [0.2, 0.25) is 0 Å². The molecule has 18 heavy (non-hydrogen) atoms. The summed E-state index contributed by atoms with van der Waals surface area (Å²) < 4.78 is 35.9. The van der Waals surface area contributed by atoms with Crippen molar-refractivity contribution < 1.29 is 13.2 Å². The highest BCUT2D eigenvalue weighted by atomic mass is 19.4. The van der Waals surface area contributed by atoms with Crippen LogP contribution in [0.5, 0.6) is 0 Å². The molecule has 0 fully saturated rings. The molecule has 0 aliphatic heterocycles. The zero-order chi connectivity index (χ0) is 13.9. The maximum atomic E-state index is 12.0. The number of hydrogen-bond acceptors (Lipinski definition) is 2. The summed E-state index contributed by atoms with van der Waals surface area (Å²) in [5.74, 6) is 0. The van der Waals surface area contributed by atoms with Gasteiger partial charge in [0.05, 0.1) is 6.42 Å². The molecular formula is C13H27F3N2. The standard InChI is InChI=1S/C13H27F3N2/c1-3-9-17-10-6-4-5-7-11-18(2)12-8-13(14,15)16/h17H,3-12H2,1-2H3. The lowest BCUT2D eigenvalue weighted by atomic mass is 10.2. The second-order valence-electron chi connectivity index (χ2n) is 4.83. The molecule has 2 nitrogen and oxygen atoms in total. The van der Waals surface area contributed by atoms with Gasteiger partial charge in [-0.3, -0.25) is 0 Å². The largest absolute Gasteiger partial charge is 0.390 e. The summed E-state index contributed by atoms with van der Waals surface area (Å²) in [6.07, 6.45) is 0.829. The Balaban J connectivity index is 3.23. The summed E-state index contributed by atoms with van der Waals surface area (Å²) in [4.78, 5) is 1.77. The Morgan fingerprint density at radius 2 is 1.61 bits per heavy atom. The lowest BCUT2D eigenvalue weighted by molar-refractivity contribution is -0.137. The zero-order valence-corrected chi connectivity index (χ0v) is 11.7. The molecule has 0 rings (SSSR count). The van der Waals surface area contributed by atoms with Gasteiger partial charge in [-0.1, -0.05) is 19.8 Å². The van der Waals surface area contributed by atoms with Gasteiger partial charge in [0.1, 0.15) is 0 Å². The Morgan fingerprint density at radius 1 is 0.944 bits per heavy atom. The van der Waals surface area contributed by atoms with E-state index in [1.165, 1.54) is 0 Å². The highest BCUT2D eigenvalue weighted by molar-refractivity contribution is 4.57. The molecule has 1 N–H and O–H groups in total. The molecule has 0 aliphatic carbocycles. The van der Waals surface area contributed by atoms with Crippen LogP contribution < -0.4 is 5.32 Å². The van der Waals surface area contributed by atoms with Crippen molar-refractivity contribution in [3.63, 3.8) is 0 Å². The fourth-order valence-corrected chi connectivity index (χ4v) is 1.72. The Hall–Kier alpha value is -0.290. The molecule has 0 atom stereocenters. The summed E-state index contributed by atoms with van der Waals surface area (Å²) in [5, 5.41) is 3.34. The number of hydrogen-bond donors (Lipinski definition) is 1. The average Bonchev–Trinajstić information content (AvgIpc) is 2.29. The van der Waals surface area contributed by atoms with Gasteiger partial charge in [-0.15, -0.1) is 0 Å². The van der Waals surface area contributed by atoms with Crippen LogP contribution in [-0.4, -0.2) is 44.3 Å². The summed E-state index contributed by atoms with van der Waals surface area (Å²) in [6, 6.07) is 0. The molecule has 0 unspecified atom stereocenters. The molecule has 0 aliphatic rings. The topological polar surface area (TPSA) is 15.3 Å². The minimum atomic E-state index is -4.03. The highest BCUT2D eigenvalue weighted by Gasteiger charge is 2.26. The van der Waals surface area contributed by atoms with Crippen LogP contribution in [-0.2, 0) is 0 Å². The minimum Gasteiger partial charge on any atom is -0.317 e. The summed E-state index contributed by atoms with van der Waals surface area (Å²) in [7, 11) is 1.76. The highest BCUT2D eigenvalue weighted by Crippen LogP contribution is 2.19. The monoisotopic (exact) mass is 268 g/mol. The van der Waals surface area contributed by atoms with Crippen LogP contribution in [0.15, 0.2) is 0 Å². The number of nitrogens with zero attached hydrogens (tertiary/aromatic N) is 1. The molecule has 0 heterocycles. The van der Waals surface area contributed by atoms with Crippen molar-refractivity contribution in [3.05, 3.63) is 0 Å². The summed E-state index contributed by atoms with van der Waals surface area (Å²) in [6.45, 7) is 5.14. The Labute approximate surface area is 109 Å². The summed E-state index contributed by atoms with van der Waals surface area (Å²) >= 11 is 0. The van der Waals surface area contributed by atoms with Gasteiger partial charge in [0.15, 0.2) is 0 Å². The van der Waals surface area contributed by atoms with E-state index in [4.69, 9.17) is 0 Å². The third kappa shape index (κ3) is 13.8. The van der Waals surface area contributed by atoms with E-state index < -0.39 is 12.6 Å². The average molecular weight is 268 g/mol. The van der Waals surface area contributed by atoms with Crippen molar-refractivity contribution in [1.82, 2.24) is 10.2 Å². The minimum absolute atomic E-state index is 0.113. The van der Waals surface area contributed by atoms with Crippen LogP contribution in [0.2, 0.25) is 0 Å². The molecule has 0 saturated carbocycles. The van der Waals surface area contributed by atoms with Crippen molar-refractivity contribution in [3.8, 4) is 0 Å². The molecule has 0 aromatic rings. The second-order valence-corrected chi connectivity index (χ2v) is 4.83. The third-order valence-corrected chi connectivity index (χ3v) is 2.85. The van der Waals surface area contributed by atoms with Crippen LogP contribution in [0, 0.1) is 0 Å². The van der Waals surface area contributed by atoms with Crippen LogP contribution in [0.3, 0.4) is 0 Å². The number of alkyl halides is 3. The van der Waals surface area contributed by atoms with Crippen molar-refractivity contribution in [1.29, 1.82) is 0 Å². The molecule has 5 heteroatoms. The van der Waals surface area contributed by atoms with E-state index >= 15 is 0 Å². The second kappa shape index (κ2) is 10.6. The Morgan fingerprint density at radius 3 is 2.22 bits per heavy atom. The van der Waals surface area contributed by atoms with Gasteiger partial charge in [-0.25, -0.2) is 0 Å². The van der Waals surface area contributed by atoms with E-state index in [0.717, 1.165) is 51.7 Å². The van der Waals surface area contributed by atoms with Crippen LogP contribution in [0.1, 0.15) is 45.4 Å². The van der Waals surface area contributed by atoms with E-state index in [0.29, 0.717) is 0 Å². The van der Waals surface area contributed by atoms with Gasteiger partial charge in [-0.2, -0.15) is 13.2 Å². The molecule has 0 saturated heterocycles. The van der Waals surface area contributed by atoms with E-state index in [2.05, 4.69) is 12.2 Å². The van der Waals surface area contributed by atoms with Crippen molar-refractivity contribution >= 4 is 0 Å². The number of unbranched alkanes of at least 4 members (excludes halogenated alkanes) is 3. The van der Waals surface area contributed by atoms with Crippen LogP contribution in [0.25, 0.3) is 0 Å². The molecule has 0 aromatic heterocycles. The Kier molecular flexibility index (Phi) is 10.4. The summed E-state index contributed by atoms with van der Waals surface area (Å²) in [5.41, 5.74) is 0. The van der Waals surface area contributed by atoms with Crippen molar-refractivity contribution in [2.45, 2.75) is 51.6 Å².